The van der Waals surface area contributed by atoms with E-state index in [1.54, 1.807) is 30.4 Å². The highest BCUT2D eigenvalue weighted by Gasteiger charge is 2.23. The molecule has 1 aromatic heterocycles. The number of rotatable bonds is 6. The maximum atomic E-state index is 14.4. The summed E-state index contributed by atoms with van der Waals surface area (Å²) in [7, 11) is 0. The Hall–Kier alpha value is -1.26. The van der Waals surface area contributed by atoms with E-state index in [0.717, 1.165) is 24.3 Å². The van der Waals surface area contributed by atoms with E-state index in [2.05, 4.69) is 25.2 Å². The van der Waals surface area contributed by atoms with E-state index in [0.29, 0.717) is 11.1 Å². The van der Waals surface area contributed by atoms with E-state index in [4.69, 9.17) is 0 Å². The number of hydrogen-bond donors (Lipinski definition) is 1. The standard InChI is InChI=1S/C17H21F2NS/c1-4-9-20-16(17-12(5-2)8-10-21-17)13-7-6-11(3)14(18)15(13)19/h6-8,10,16,20H,4-5,9H2,1-3H3. The van der Waals surface area contributed by atoms with Crippen LogP contribution in [0.2, 0.25) is 0 Å². The Balaban J connectivity index is 2.48. The van der Waals surface area contributed by atoms with Crippen LogP contribution in [0, 0.1) is 18.6 Å². The van der Waals surface area contributed by atoms with Gasteiger partial charge >= 0.3 is 0 Å². The molecule has 4 heteroatoms. The third-order valence-corrected chi connectivity index (χ3v) is 4.66. The number of benzene rings is 1. The van der Waals surface area contributed by atoms with Crippen molar-refractivity contribution in [1.29, 1.82) is 0 Å². The first-order valence-electron chi connectivity index (χ1n) is 7.34. The second-order valence-corrected chi connectivity index (χ2v) is 6.10. The molecule has 0 bridgehead atoms. The van der Waals surface area contributed by atoms with E-state index in [1.165, 1.54) is 5.56 Å². The number of aryl methyl sites for hydroxylation is 2. The van der Waals surface area contributed by atoms with Crippen molar-refractivity contribution in [3.63, 3.8) is 0 Å². The highest BCUT2D eigenvalue weighted by Crippen LogP contribution is 2.32. The second kappa shape index (κ2) is 7.14. The molecular formula is C17H21F2NS. The van der Waals surface area contributed by atoms with E-state index in [9.17, 15) is 8.78 Å². The molecule has 114 valence electrons. The van der Waals surface area contributed by atoms with Gasteiger partial charge in [-0.25, -0.2) is 8.78 Å². The lowest BCUT2D eigenvalue weighted by atomic mass is 9.99. The molecule has 1 nitrogen and oxygen atoms in total. The number of halogens is 2. The van der Waals surface area contributed by atoms with Crippen molar-refractivity contribution >= 4 is 11.3 Å². The first kappa shape index (κ1) is 16.1. The van der Waals surface area contributed by atoms with Crippen molar-refractivity contribution in [2.24, 2.45) is 0 Å². The largest absolute Gasteiger partial charge is 0.305 e. The highest BCUT2D eigenvalue weighted by atomic mass is 32.1. The molecule has 0 fully saturated rings. The van der Waals surface area contributed by atoms with Gasteiger partial charge in [0.15, 0.2) is 11.6 Å². The van der Waals surface area contributed by atoms with Crippen molar-refractivity contribution in [3.05, 3.63) is 56.8 Å². The molecule has 1 unspecified atom stereocenters. The lowest BCUT2D eigenvalue weighted by molar-refractivity contribution is 0.477. The molecule has 1 N–H and O–H groups in total. The molecule has 0 saturated heterocycles. The van der Waals surface area contributed by atoms with Crippen LogP contribution in [0.25, 0.3) is 0 Å². The Morgan fingerprint density at radius 1 is 1.14 bits per heavy atom. The van der Waals surface area contributed by atoms with Gasteiger partial charge in [-0.2, -0.15) is 0 Å². The molecule has 0 radical (unpaired) electrons. The zero-order valence-electron chi connectivity index (χ0n) is 12.7. The molecule has 0 amide bonds. The normalized spacial score (nSPS) is 12.6. The van der Waals surface area contributed by atoms with Crippen LogP contribution in [0.5, 0.6) is 0 Å². The molecule has 0 aliphatic heterocycles. The van der Waals surface area contributed by atoms with Crippen molar-refractivity contribution < 1.29 is 8.78 Å². The van der Waals surface area contributed by atoms with Crippen LogP contribution in [0.1, 0.15) is 47.9 Å². The maximum absolute atomic E-state index is 14.4. The Labute approximate surface area is 129 Å². The summed E-state index contributed by atoms with van der Waals surface area (Å²) in [6, 6.07) is 5.12. The van der Waals surface area contributed by atoms with Gasteiger partial charge in [0.1, 0.15) is 0 Å². The van der Waals surface area contributed by atoms with E-state index >= 15 is 0 Å². The van der Waals surface area contributed by atoms with Gasteiger partial charge in [-0.05, 0) is 48.9 Å². The molecule has 1 heterocycles. The lowest BCUT2D eigenvalue weighted by Crippen LogP contribution is -2.24. The molecular weight excluding hydrogens is 288 g/mol. The van der Waals surface area contributed by atoms with Gasteiger partial charge in [-0.15, -0.1) is 11.3 Å². The first-order chi connectivity index (χ1) is 10.1. The zero-order valence-corrected chi connectivity index (χ0v) is 13.5. The highest BCUT2D eigenvalue weighted by molar-refractivity contribution is 7.10. The van der Waals surface area contributed by atoms with Crippen LogP contribution in [0.15, 0.2) is 23.6 Å². The summed E-state index contributed by atoms with van der Waals surface area (Å²) >= 11 is 1.59. The molecule has 21 heavy (non-hydrogen) atoms. The third-order valence-electron chi connectivity index (χ3n) is 3.64. The van der Waals surface area contributed by atoms with Crippen LogP contribution in [0.3, 0.4) is 0 Å². The van der Waals surface area contributed by atoms with Crippen molar-refractivity contribution in [3.8, 4) is 0 Å². The topological polar surface area (TPSA) is 12.0 Å². The fraction of sp³-hybridized carbons (Fsp3) is 0.412. The Kier molecular flexibility index (Phi) is 5.48. The Morgan fingerprint density at radius 2 is 1.90 bits per heavy atom. The number of nitrogens with one attached hydrogen (secondary N) is 1. The molecule has 0 saturated carbocycles. The summed E-state index contributed by atoms with van der Waals surface area (Å²) < 4.78 is 28.3. The summed E-state index contributed by atoms with van der Waals surface area (Å²) in [5.41, 5.74) is 1.92. The molecule has 2 aromatic rings. The molecule has 0 aliphatic carbocycles. The van der Waals surface area contributed by atoms with E-state index in [1.807, 2.05) is 5.38 Å². The molecule has 1 atom stereocenters. The van der Waals surface area contributed by atoms with Gasteiger partial charge in [0, 0.05) is 10.4 Å². The quantitative estimate of drug-likeness (QED) is 0.793. The summed E-state index contributed by atoms with van der Waals surface area (Å²) in [5, 5.41) is 5.37. The number of thiophene rings is 1. The lowest BCUT2D eigenvalue weighted by Gasteiger charge is -2.20. The van der Waals surface area contributed by atoms with Gasteiger partial charge in [-0.3, -0.25) is 0 Å². The third kappa shape index (κ3) is 3.33. The summed E-state index contributed by atoms with van der Waals surface area (Å²) in [6.07, 6.45) is 1.83. The fourth-order valence-electron chi connectivity index (χ4n) is 2.41. The van der Waals surface area contributed by atoms with Gasteiger partial charge in [0.05, 0.1) is 6.04 Å². The summed E-state index contributed by atoms with van der Waals surface area (Å²) in [4.78, 5) is 1.08. The smallest absolute Gasteiger partial charge is 0.164 e. The van der Waals surface area contributed by atoms with Crippen LogP contribution < -0.4 is 5.32 Å². The number of hydrogen-bond acceptors (Lipinski definition) is 2. The first-order valence-corrected chi connectivity index (χ1v) is 8.22. The minimum absolute atomic E-state index is 0.282. The van der Waals surface area contributed by atoms with Crippen LogP contribution >= 0.6 is 11.3 Å². The van der Waals surface area contributed by atoms with Crippen LogP contribution in [-0.2, 0) is 6.42 Å². The van der Waals surface area contributed by atoms with Crippen LogP contribution in [0.4, 0.5) is 8.78 Å². The van der Waals surface area contributed by atoms with Crippen molar-refractivity contribution in [1.82, 2.24) is 5.32 Å². The predicted octanol–water partition coefficient (Wildman–Crippen LogP) is 4.99. The monoisotopic (exact) mass is 309 g/mol. The molecule has 0 spiro atoms. The van der Waals surface area contributed by atoms with Crippen molar-refractivity contribution in [2.45, 2.75) is 39.7 Å². The molecule has 2 rings (SSSR count). The Morgan fingerprint density at radius 3 is 2.57 bits per heavy atom. The molecule has 1 aromatic carbocycles. The maximum Gasteiger partial charge on any atom is 0.164 e. The van der Waals surface area contributed by atoms with Gasteiger partial charge < -0.3 is 5.32 Å². The Bertz CT molecular complexity index is 607. The second-order valence-electron chi connectivity index (χ2n) is 5.15. The SMILES string of the molecule is CCCNC(c1ccc(C)c(F)c1F)c1sccc1CC. The van der Waals surface area contributed by atoms with E-state index in [-0.39, 0.29) is 6.04 Å². The zero-order chi connectivity index (χ0) is 15.4. The minimum Gasteiger partial charge on any atom is -0.305 e. The van der Waals surface area contributed by atoms with E-state index < -0.39 is 11.6 Å². The minimum atomic E-state index is -0.745. The van der Waals surface area contributed by atoms with Crippen LogP contribution in [-0.4, -0.2) is 6.54 Å². The molecule has 0 aliphatic rings. The average Bonchev–Trinajstić information content (AvgIpc) is 2.95. The predicted molar refractivity (Wildman–Crippen MR) is 84.9 cm³/mol. The summed E-state index contributed by atoms with van der Waals surface area (Å²) in [5.74, 6) is -1.48. The average molecular weight is 309 g/mol. The fourth-order valence-corrected chi connectivity index (χ4v) is 3.50. The summed E-state index contributed by atoms with van der Waals surface area (Å²) in [6.45, 7) is 6.49. The van der Waals surface area contributed by atoms with Gasteiger partial charge in [0.25, 0.3) is 0 Å². The van der Waals surface area contributed by atoms with Crippen molar-refractivity contribution in [2.75, 3.05) is 6.54 Å². The van der Waals surface area contributed by atoms with Gasteiger partial charge in [0.2, 0.25) is 0 Å². The van der Waals surface area contributed by atoms with Gasteiger partial charge in [-0.1, -0.05) is 26.0 Å².